The van der Waals surface area contributed by atoms with Crippen LogP contribution in [0.4, 0.5) is 0 Å². The summed E-state index contributed by atoms with van der Waals surface area (Å²) in [6, 6.07) is 6.45. The van der Waals surface area contributed by atoms with Crippen molar-refractivity contribution in [3.8, 4) is 0 Å². The molecule has 0 aromatic carbocycles. The lowest BCUT2D eigenvalue weighted by molar-refractivity contribution is 1.16. The summed E-state index contributed by atoms with van der Waals surface area (Å²) in [5.41, 5.74) is 3.89. The van der Waals surface area contributed by atoms with Crippen molar-refractivity contribution in [2.75, 3.05) is 0 Å². The maximum Gasteiger partial charge on any atom is 0.0452 e. The van der Waals surface area contributed by atoms with Gasteiger partial charge in [-0.2, -0.15) is 0 Å². The Labute approximate surface area is 80.0 Å². The van der Waals surface area contributed by atoms with Gasteiger partial charge < -0.3 is 4.40 Å². The van der Waals surface area contributed by atoms with Gasteiger partial charge in [0, 0.05) is 17.9 Å². The summed E-state index contributed by atoms with van der Waals surface area (Å²) in [5.74, 6) is 0. The predicted molar refractivity (Wildman–Crippen MR) is 58.2 cm³/mol. The van der Waals surface area contributed by atoms with E-state index < -0.39 is 0 Å². The quantitative estimate of drug-likeness (QED) is 0.576. The van der Waals surface area contributed by atoms with Gasteiger partial charge >= 0.3 is 0 Å². The predicted octanol–water partition coefficient (Wildman–Crippen LogP) is 3.58. The Kier molecular flexibility index (Phi) is 3.13. The Bertz CT molecular complexity index is 385. The molecule has 1 heteroatoms. The van der Waals surface area contributed by atoms with Gasteiger partial charge in [0.15, 0.2) is 0 Å². The van der Waals surface area contributed by atoms with Crippen molar-refractivity contribution in [1.82, 2.24) is 4.40 Å². The Hall–Kier alpha value is -1.24. The first-order valence-corrected chi connectivity index (χ1v) is 4.81. The topological polar surface area (TPSA) is 4.41 Å². The van der Waals surface area contributed by atoms with Crippen LogP contribution in [-0.2, 0) is 0 Å². The number of aromatic nitrogens is 1. The Morgan fingerprint density at radius 2 is 1.54 bits per heavy atom. The van der Waals surface area contributed by atoms with E-state index in [-0.39, 0.29) is 0 Å². The Balaban J connectivity index is 0.000000396. The molecule has 2 aromatic rings. The van der Waals surface area contributed by atoms with Gasteiger partial charge in [-0.1, -0.05) is 19.9 Å². The summed E-state index contributed by atoms with van der Waals surface area (Å²) in [5, 5.41) is 0. The summed E-state index contributed by atoms with van der Waals surface area (Å²) in [4.78, 5) is 0. The number of nitrogens with zero attached hydrogens (tertiary/aromatic N) is 1. The molecule has 0 aliphatic carbocycles. The number of hydrogen-bond donors (Lipinski definition) is 0. The minimum absolute atomic E-state index is 1.27. The summed E-state index contributed by atoms with van der Waals surface area (Å²) < 4.78 is 2.16. The minimum Gasteiger partial charge on any atom is -0.323 e. The third-order valence-corrected chi connectivity index (χ3v) is 1.88. The summed E-state index contributed by atoms with van der Waals surface area (Å²) >= 11 is 0. The molecule has 0 unspecified atom stereocenters. The van der Waals surface area contributed by atoms with Crippen LogP contribution in [0.5, 0.6) is 0 Å². The molecule has 0 saturated heterocycles. The second-order valence-corrected chi connectivity index (χ2v) is 3.06. The smallest absolute Gasteiger partial charge is 0.0452 e. The summed E-state index contributed by atoms with van der Waals surface area (Å²) in [6.07, 6.45) is 4.28. The molecule has 1 nitrogen and oxygen atoms in total. The third-order valence-electron chi connectivity index (χ3n) is 1.88. The lowest BCUT2D eigenvalue weighted by Gasteiger charge is -1.94. The van der Waals surface area contributed by atoms with Crippen LogP contribution in [0.3, 0.4) is 0 Å². The van der Waals surface area contributed by atoms with E-state index in [9.17, 15) is 0 Å². The first-order valence-electron chi connectivity index (χ1n) is 4.81. The highest BCUT2D eigenvalue weighted by molar-refractivity contribution is 5.50. The molecule has 2 heterocycles. The van der Waals surface area contributed by atoms with Crippen LogP contribution >= 0.6 is 0 Å². The van der Waals surface area contributed by atoms with Gasteiger partial charge in [0.1, 0.15) is 0 Å². The molecular formula is C12H17N. The van der Waals surface area contributed by atoms with E-state index in [0.29, 0.717) is 0 Å². The molecule has 0 bridgehead atoms. The van der Waals surface area contributed by atoms with Crippen molar-refractivity contribution in [1.29, 1.82) is 0 Å². The largest absolute Gasteiger partial charge is 0.323 e. The van der Waals surface area contributed by atoms with Gasteiger partial charge in [-0.3, -0.25) is 0 Å². The molecule has 0 fully saturated rings. The van der Waals surface area contributed by atoms with Gasteiger partial charge in [0.25, 0.3) is 0 Å². The van der Waals surface area contributed by atoms with Crippen molar-refractivity contribution in [3.05, 3.63) is 41.7 Å². The Morgan fingerprint density at radius 1 is 0.923 bits per heavy atom. The minimum atomic E-state index is 1.27. The molecule has 0 N–H and O–H groups in total. The summed E-state index contributed by atoms with van der Waals surface area (Å²) in [6.45, 7) is 8.22. The second-order valence-electron chi connectivity index (χ2n) is 3.06. The van der Waals surface area contributed by atoms with Crippen LogP contribution < -0.4 is 0 Å². The van der Waals surface area contributed by atoms with Gasteiger partial charge in [-0.15, -0.1) is 0 Å². The molecular weight excluding hydrogens is 158 g/mol. The average Bonchev–Trinajstić information content (AvgIpc) is 2.48. The molecule has 0 spiro atoms. The number of fused-ring (bicyclic) bond motifs is 1. The molecule has 0 aliphatic rings. The second kappa shape index (κ2) is 4.13. The van der Waals surface area contributed by atoms with Gasteiger partial charge in [0.05, 0.1) is 0 Å². The average molecular weight is 175 g/mol. The molecule has 2 rings (SSSR count). The highest BCUT2D eigenvalue weighted by Crippen LogP contribution is 2.09. The van der Waals surface area contributed by atoms with E-state index in [0.717, 1.165) is 0 Å². The third kappa shape index (κ3) is 2.11. The van der Waals surface area contributed by atoms with Crippen LogP contribution in [0.1, 0.15) is 25.0 Å². The highest BCUT2D eigenvalue weighted by atomic mass is 14.8. The molecule has 2 aromatic heterocycles. The zero-order valence-electron chi connectivity index (χ0n) is 8.83. The molecule has 70 valence electrons. The lowest BCUT2D eigenvalue weighted by Crippen LogP contribution is -1.81. The first-order chi connectivity index (χ1) is 6.25. The van der Waals surface area contributed by atoms with Crippen molar-refractivity contribution in [2.24, 2.45) is 0 Å². The van der Waals surface area contributed by atoms with Gasteiger partial charge in [-0.05, 0) is 37.1 Å². The molecule has 0 radical (unpaired) electrons. The van der Waals surface area contributed by atoms with E-state index in [1.165, 1.54) is 16.6 Å². The van der Waals surface area contributed by atoms with Gasteiger partial charge in [-0.25, -0.2) is 0 Å². The number of hydrogen-bond acceptors (Lipinski definition) is 0. The SMILES string of the molecule is CC.Cc1ccc2cc(C)cn2c1. The monoisotopic (exact) mass is 175 g/mol. The fourth-order valence-corrected chi connectivity index (χ4v) is 1.36. The van der Waals surface area contributed by atoms with E-state index >= 15 is 0 Å². The Morgan fingerprint density at radius 3 is 2.23 bits per heavy atom. The van der Waals surface area contributed by atoms with Crippen molar-refractivity contribution >= 4 is 5.52 Å². The maximum atomic E-state index is 2.18. The van der Waals surface area contributed by atoms with Crippen LogP contribution in [-0.4, -0.2) is 4.40 Å². The molecule has 0 saturated carbocycles. The fraction of sp³-hybridized carbons (Fsp3) is 0.333. The van der Waals surface area contributed by atoms with Crippen LogP contribution in [0.25, 0.3) is 5.52 Å². The molecule has 0 aliphatic heterocycles. The zero-order chi connectivity index (χ0) is 9.84. The molecule has 13 heavy (non-hydrogen) atoms. The van der Waals surface area contributed by atoms with Crippen LogP contribution in [0, 0.1) is 13.8 Å². The van der Waals surface area contributed by atoms with E-state index in [1.54, 1.807) is 0 Å². The van der Waals surface area contributed by atoms with Gasteiger partial charge in [0.2, 0.25) is 0 Å². The van der Waals surface area contributed by atoms with Crippen molar-refractivity contribution in [3.63, 3.8) is 0 Å². The fourth-order valence-electron chi connectivity index (χ4n) is 1.36. The lowest BCUT2D eigenvalue weighted by atomic mass is 10.3. The number of rotatable bonds is 0. The van der Waals surface area contributed by atoms with E-state index in [2.05, 4.69) is 48.8 Å². The summed E-state index contributed by atoms with van der Waals surface area (Å²) in [7, 11) is 0. The normalized spacial score (nSPS) is 9.54. The number of pyridine rings is 1. The first kappa shape index (κ1) is 9.85. The van der Waals surface area contributed by atoms with Crippen molar-refractivity contribution < 1.29 is 0 Å². The van der Waals surface area contributed by atoms with E-state index in [1.807, 2.05) is 13.8 Å². The molecule has 0 amide bonds. The zero-order valence-corrected chi connectivity index (χ0v) is 8.83. The highest BCUT2D eigenvalue weighted by Gasteiger charge is 1.93. The van der Waals surface area contributed by atoms with Crippen LogP contribution in [0.15, 0.2) is 30.6 Å². The maximum absolute atomic E-state index is 2.18. The van der Waals surface area contributed by atoms with Crippen molar-refractivity contribution in [2.45, 2.75) is 27.7 Å². The molecule has 0 atom stereocenters. The number of aryl methyl sites for hydroxylation is 2. The van der Waals surface area contributed by atoms with E-state index in [4.69, 9.17) is 0 Å². The van der Waals surface area contributed by atoms with Crippen LogP contribution in [0.2, 0.25) is 0 Å². The standard InChI is InChI=1S/C10H11N.C2H6/c1-8-3-4-10-5-9(2)7-11(10)6-8;1-2/h3-7H,1-2H3;1-2H3.